The third kappa shape index (κ3) is 8.97. The minimum atomic E-state index is -0.261. The summed E-state index contributed by atoms with van der Waals surface area (Å²) >= 11 is 0. The Hall–Kier alpha value is -8.76. The van der Waals surface area contributed by atoms with Crippen molar-refractivity contribution in [2.45, 2.75) is 12.6 Å². The standard InChI is InChI=1S/2C33H26N2O2/c1-2-6-23(7-3-1)24-10-14-26(15-11-24)34-27-16-19-32-30(22-27)29-8-4-5-9-31(29)35(32)28-17-12-25(13-18-28)33-36-20-21-37-33;1-2-6-26(7-3-1)34-27-16-19-32-30(22-27)29-8-4-5-9-31(29)35(32)28-17-14-24(15-18-28)23-10-12-25(13-11-23)33-36-20-21-37-33/h2*1-19,22,33-34H,20-21H2. The molecule has 8 heteroatoms. The van der Waals surface area contributed by atoms with Crippen LogP contribution in [0, 0.1) is 0 Å². The van der Waals surface area contributed by atoms with Gasteiger partial charge >= 0.3 is 0 Å². The van der Waals surface area contributed by atoms with E-state index in [-0.39, 0.29) is 12.6 Å². The number of anilines is 4. The van der Waals surface area contributed by atoms with Gasteiger partial charge in [0.2, 0.25) is 0 Å². The Morgan fingerprint density at radius 1 is 0.284 bits per heavy atom. The Morgan fingerprint density at radius 3 is 1.11 bits per heavy atom. The molecule has 0 spiro atoms. The van der Waals surface area contributed by atoms with Crippen LogP contribution in [0.4, 0.5) is 22.7 Å². The molecule has 2 aliphatic rings. The Balaban J connectivity index is 0.000000143. The lowest BCUT2D eigenvalue weighted by Crippen LogP contribution is -1.99. The third-order valence-corrected chi connectivity index (χ3v) is 14.0. The number of benzene rings is 10. The van der Waals surface area contributed by atoms with Crippen molar-refractivity contribution in [2.75, 3.05) is 37.1 Å². The third-order valence-electron chi connectivity index (χ3n) is 14.0. The summed E-state index contributed by atoms with van der Waals surface area (Å²) in [5, 5.41) is 12.0. The normalized spacial score (nSPS) is 13.9. The van der Waals surface area contributed by atoms with E-state index in [1.165, 1.54) is 65.9 Å². The van der Waals surface area contributed by atoms with Gasteiger partial charge in [-0.05, 0) is 119 Å². The summed E-state index contributed by atoms with van der Waals surface area (Å²) in [6.07, 6.45) is -0.502. The van der Waals surface area contributed by atoms with E-state index in [4.69, 9.17) is 18.9 Å². The average Bonchev–Trinajstić information content (AvgIpc) is 4.32. The molecule has 0 unspecified atom stereocenters. The van der Waals surface area contributed by atoms with Crippen LogP contribution >= 0.6 is 0 Å². The number of nitrogens with one attached hydrogen (secondary N) is 2. The smallest absolute Gasteiger partial charge is 0.184 e. The number of ether oxygens (including phenoxy) is 4. The molecule has 2 N–H and O–H groups in total. The maximum atomic E-state index is 5.67. The van der Waals surface area contributed by atoms with Crippen molar-refractivity contribution >= 4 is 66.4 Å². The molecule has 360 valence electrons. The molecule has 0 radical (unpaired) electrons. The van der Waals surface area contributed by atoms with Gasteiger partial charge in [-0.2, -0.15) is 0 Å². The quantitative estimate of drug-likeness (QED) is 0.142. The highest BCUT2D eigenvalue weighted by atomic mass is 16.7. The first-order chi connectivity index (χ1) is 36.7. The fourth-order valence-corrected chi connectivity index (χ4v) is 10.4. The van der Waals surface area contributed by atoms with Gasteiger partial charge in [0, 0.05) is 66.8 Å². The van der Waals surface area contributed by atoms with Crippen molar-refractivity contribution < 1.29 is 18.9 Å². The van der Waals surface area contributed by atoms with Crippen LogP contribution in [0.15, 0.2) is 243 Å². The summed E-state index contributed by atoms with van der Waals surface area (Å²) < 4.78 is 27.2. The Morgan fingerprint density at radius 2 is 0.622 bits per heavy atom. The molecule has 0 saturated carbocycles. The summed E-state index contributed by atoms with van der Waals surface area (Å²) in [7, 11) is 0. The van der Waals surface area contributed by atoms with Crippen LogP contribution in [0.25, 0.3) is 77.2 Å². The SMILES string of the molecule is c1ccc(-c2ccc(Nc3ccc4c(c3)c3ccccc3n4-c3ccc(C4OCCO4)cc3)cc2)cc1.c1ccc(Nc2ccc3c(c2)c2ccccc2n3-c2ccc(-c3ccc(C4OCCO4)cc3)cc2)cc1. The predicted molar refractivity (Wildman–Crippen MR) is 301 cm³/mol. The largest absolute Gasteiger partial charge is 0.356 e. The number of rotatable bonds is 10. The fraction of sp³-hybridized carbons (Fsp3) is 0.0909. The van der Waals surface area contributed by atoms with Gasteiger partial charge in [0.05, 0.1) is 48.5 Å². The highest BCUT2D eigenvalue weighted by Crippen LogP contribution is 2.38. The van der Waals surface area contributed by atoms with E-state index in [0.717, 1.165) is 45.3 Å². The second kappa shape index (κ2) is 20.0. The summed E-state index contributed by atoms with van der Waals surface area (Å²) in [5.41, 5.74) is 18.2. The van der Waals surface area contributed by atoms with E-state index in [1.807, 2.05) is 24.3 Å². The van der Waals surface area contributed by atoms with E-state index in [0.29, 0.717) is 26.4 Å². The van der Waals surface area contributed by atoms with E-state index in [1.54, 1.807) is 0 Å². The summed E-state index contributed by atoms with van der Waals surface area (Å²) in [6.45, 7) is 2.60. The van der Waals surface area contributed by atoms with Crippen LogP contribution < -0.4 is 10.6 Å². The molecular formula is C66H52N4O4. The van der Waals surface area contributed by atoms with Gasteiger partial charge in [0.25, 0.3) is 0 Å². The molecule has 4 heterocycles. The molecule has 10 aromatic carbocycles. The van der Waals surface area contributed by atoms with Gasteiger partial charge in [-0.3, -0.25) is 0 Å². The molecule has 2 fully saturated rings. The molecule has 2 saturated heterocycles. The fourth-order valence-electron chi connectivity index (χ4n) is 10.4. The molecule has 14 rings (SSSR count). The van der Waals surface area contributed by atoms with Crippen molar-refractivity contribution in [1.29, 1.82) is 0 Å². The van der Waals surface area contributed by atoms with Crippen molar-refractivity contribution in [3.63, 3.8) is 0 Å². The molecule has 8 nitrogen and oxygen atoms in total. The topological polar surface area (TPSA) is 70.8 Å². The van der Waals surface area contributed by atoms with Crippen LogP contribution in [0.1, 0.15) is 23.7 Å². The molecule has 2 aliphatic heterocycles. The zero-order chi connectivity index (χ0) is 49.2. The number of hydrogen-bond donors (Lipinski definition) is 2. The lowest BCUT2D eigenvalue weighted by molar-refractivity contribution is -0.0443. The first-order valence-electron chi connectivity index (χ1n) is 25.3. The maximum Gasteiger partial charge on any atom is 0.184 e. The Kier molecular flexibility index (Phi) is 12.2. The molecule has 0 bridgehead atoms. The predicted octanol–water partition coefficient (Wildman–Crippen LogP) is 16.5. The minimum absolute atomic E-state index is 0.241. The maximum absolute atomic E-state index is 5.67. The summed E-state index contributed by atoms with van der Waals surface area (Å²) in [4.78, 5) is 0. The lowest BCUT2D eigenvalue weighted by Gasteiger charge is -2.12. The van der Waals surface area contributed by atoms with Gasteiger partial charge < -0.3 is 38.7 Å². The average molecular weight is 965 g/mol. The molecule has 0 amide bonds. The number of aromatic nitrogens is 2. The van der Waals surface area contributed by atoms with E-state index < -0.39 is 0 Å². The molecular weight excluding hydrogens is 913 g/mol. The second-order valence-corrected chi connectivity index (χ2v) is 18.6. The van der Waals surface area contributed by atoms with Crippen molar-refractivity contribution in [3.05, 3.63) is 254 Å². The van der Waals surface area contributed by atoms with Crippen LogP contribution in [-0.2, 0) is 18.9 Å². The molecule has 2 aromatic heterocycles. The zero-order valence-electron chi connectivity index (χ0n) is 40.6. The number of fused-ring (bicyclic) bond motifs is 6. The highest BCUT2D eigenvalue weighted by molar-refractivity contribution is 6.11. The molecule has 74 heavy (non-hydrogen) atoms. The number of hydrogen-bond acceptors (Lipinski definition) is 6. The van der Waals surface area contributed by atoms with E-state index >= 15 is 0 Å². The monoisotopic (exact) mass is 964 g/mol. The van der Waals surface area contributed by atoms with Gasteiger partial charge in [-0.15, -0.1) is 0 Å². The molecule has 0 aliphatic carbocycles. The van der Waals surface area contributed by atoms with Crippen molar-refractivity contribution in [2.24, 2.45) is 0 Å². The first kappa shape index (κ1) is 45.1. The Labute approximate surface area is 429 Å². The van der Waals surface area contributed by atoms with Crippen LogP contribution in [-0.4, -0.2) is 35.6 Å². The van der Waals surface area contributed by atoms with Gasteiger partial charge in [-0.1, -0.05) is 146 Å². The second-order valence-electron chi connectivity index (χ2n) is 18.6. The highest BCUT2D eigenvalue weighted by Gasteiger charge is 2.20. The van der Waals surface area contributed by atoms with E-state index in [9.17, 15) is 0 Å². The molecule has 0 atom stereocenters. The van der Waals surface area contributed by atoms with E-state index in [2.05, 4.69) is 238 Å². The first-order valence-corrected chi connectivity index (χ1v) is 25.3. The number of nitrogens with zero attached hydrogens (tertiary/aromatic N) is 2. The zero-order valence-corrected chi connectivity index (χ0v) is 40.6. The van der Waals surface area contributed by atoms with Crippen LogP contribution in [0.3, 0.4) is 0 Å². The van der Waals surface area contributed by atoms with Crippen molar-refractivity contribution in [3.8, 4) is 33.6 Å². The van der Waals surface area contributed by atoms with Gasteiger partial charge in [0.1, 0.15) is 0 Å². The summed E-state index contributed by atoms with van der Waals surface area (Å²) in [5.74, 6) is 0. The molecule has 12 aromatic rings. The summed E-state index contributed by atoms with van der Waals surface area (Å²) in [6, 6.07) is 85.4. The van der Waals surface area contributed by atoms with Gasteiger partial charge in [0.15, 0.2) is 12.6 Å². The minimum Gasteiger partial charge on any atom is -0.356 e. The van der Waals surface area contributed by atoms with Crippen LogP contribution in [0.5, 0.6) is 0 Å². The number of para-hydroxylation sites is 3. The van der Waals surface area contributed by atoms with Crippen molar-refractivity contribution in [1.82, 2.24) is 9.13 Å². The lowest BCUT2D eigenvalue weighted by atomic mass is 10.0. The van der Waals surface area contributed by atoms with Gasteiger partial charge in [-0.25, -0.2) is 0 Å². The van der Waals surface area contributed by atoms with Crippen LogP contribution in [0.2, 0.25) is 0 Å². The Bertz CT molecular complexity index is 3880.